The Hall–Kier alpha value is -3.10. The Kier molecular flexibility index (Phi) is 7.70. The van der Waals surface area contributed by atoms with E-state index in [1.807, 2.05) is 45.0 Å². The van der Waals surface area contributed by atoms with Crippen LogP contribution in [0.15, 0.2) is 42.5 Å². The van der Waals surface area contributed by atoms with E-state index < -0.39 is 0 Å². The molecule has 4 rings (SSSR count). The number of piperidine rings is 1. The maximum atomic E-state index is 13.4. The lowest BCUT2D eigenvalue weighted by Crippen LogP contribution is -2.56. The fraction of sp³-hybridized carbons (Fsp3) is 0.462. The highest BCUT2D eigenvalue weighted by molar-refractivity contribution is 5.97. The highest BCUT2D eigenvalue weighted by Gasteiger charge is 2.28. The minimum Gasteiger partial charge on any atom is -0.491 e. The normalized spacial score (nSPS) is 21.5. The zero-order chi connectivity index (χ0) is 24.1. The molecule has 2 heterocycles. The van der Waals surface area contributed by atoms with Gasteiger partial charge in [-0.15, -0.1) is 0 Å². The van der Waals surface area contributed by atoms with E-state index in [1.54, 1.807) is 18.2 Å². The first kappa shape index (κ1) is 24.0. The van der Waals surface area contributed by atoms with Crippen molar-refractivity contribution in [2.75, 3.05) is 26.2 Å². The highest BCUT2D eigenvalue weighted by Crippen LogP contribution is 2.29. The number of benzene rings is 2. The molecule has 2 amide bonds. The Labute approximate surface area is 200 Å². The number of hydrogen-bond donors (Lipinski definition) is 2. The molecule has 8 heteroatoms. The van der Waals surface area contributed by atoms with Gasteiger partial charge in [0.15, 0.2) is 0 Å². The van der Waals surface area contributed by atoms with Crippen molar-refractivity contribution in [3.8, 4) is 17.2 Å². The first-order chi connectivity index (χ1) is 16.4. The van der Waals surface area contributed by atoms with Crippen molar-refractivity contribution < 1.29 is 23.8 Å². The van der Waals surface area contributed by atoms with Crippen molar-refractivity contribution in [1.82, 2.24) is 15.5 Å². The summed E-state index contributed by atoms with van der Waals surface area (Å²) >= 11 is 0. The zero-order valence-electron chi connectivity index (χ0n) is 20.0. The van der Waals surface area contributed by atoms with Crippen LogP contribution in [0.4, 0.5) is 0 Å². The molecule has 0 aromatic heterocycles. The summed E-state index contributed by atoms with van der Waals surface area (Å²) in [6.07, 6.45) is 0.611. The van der Waals surface area contributed by atoms with Crippen molar-refractivity contribution in [3.63, 3.8) is 0 Å². The second-order valence-electron chi connectivity index (χ2n) is 8.94. The van der Waals surface area contributed by atoms with Crippen LogP contribution >= 0.6 is 0 Å². The van der Waals surface area contributed by atoms with E-state index in [9.17, 15) is 9.59 Å². The third-order valence-electron chi connectivity index (χ3n) is 5.87. The van der Waals surface area contributed by atoms with E-state index in [2.05, 4.69) is 10.6 Å². The van der Waals surface area contributed by atoms with Gasteiger partial charge in [-0.25, -0.2) is 0 Å². The number of carbonyl (C=O) groups excluding carboxylic acids is 2. The summed E-state index contributed by atoms with van der Waals surface area (Å²) in [6.45, 7) is 7.92. The summed E-state index contributed by atoms with van der Waals surface area (Å²) in [5, 5.41) is 6.38. The molecule has 182 valence electrons. The molecule has 0 radical (unpaired) electrons. The van der Waals surface area contributed by atoms with Crippen LogP contribution in [-0.2, 0) is 16.1 Å². The van der Waals surface area contributed by atoms with Crippen molar-refractivity contribution in [2.24, 2.45) is 0 Å². The van der Waals surface area contributed by atoms with Crippen molar-refractivity contribution in [3.05, 3.63) is 53.6 Å². The second-order valence-corrected chi connectivity index (χ2v) is 8.94. The molecule has 34 heavy (non-hydrogen) atoms. The second kappa shape index (κ2) is 10.9. The molecule has 2 aromatic carbocycles. The standard InChI is InChI=1S/C26H33N3O5/c1-4-29-15-25(30)28-23-14-27-9-8-24(23)32-16-18-6-5-7-20(10-18)34-22-12-19(26(29)31)11-21(13-22)33-17(2)3/h5-7,10-13,17,23-24,27H,4,8-9,14-16H2,1-3H3,(H,28,30)/t23-,24-/m0/s1. The number of hydrogen-bond acceptors (Lipinski definition) is 6. The number of rotatable bonds is 3. The van der Waals surface area contributed by atoms with E-state index >= 15 is 0 Å². The van der Waals surface area contributed by atoms with Gasteiger partial charge >= 0.3 is 0 Å². The van der Waals surface area contributed by atoms with Crippen LogP contribution in [0, 0.1) is 0 Å². The van der Waals surface area contributed by atoms with E-state index in [0.717, 1.165) is 18.5 Å². The SMILES string of the molecule is CCN1CC(=O)N[C@H]2CNCC[C@@H]2OCc2cccc(c2)Oc2cc(OC(C)C)cc(c2)C1=O. The fourth-order valence-corrected chi connectivity index (χ4v) is 4.25. The smallest absolute Gasteiger partial charge is 0.254 e. The molecule has 2 aromatic rings. The summed E-state index contributed by atoms with van der Waals surface area (Å²) in [5.41, 5.74) is 1.38. The monoisotopic (exact) mass is 467 g/mol. The molecule has 1 saturated heterocycles. The van der Waals surface area contributed by atoms with E-state index in [1.165, 1.54) is 4.90 Å². The maximum absolute atomic E-state index is 13.4. The molecule has 1 fully saturated rings. The van der Waals surface area contributed by atoms with Crippen molar-refractivity contribution >= 4 is 11.8 Å². The summed E-state index contributed by atoms with van der Waals surface area (Å²) in [6, 6.07) is 12.7. The number of likely N-dealkylation sites (N-methyl/N-ethyl adjacent to an activating group) is 1. The Morgan fingerprint density at radius 1 is 1.15 bits per heavy atom. The number of amides is 2. The lowest BCUT2D eigenvalue weighted by molar-refractivity contribution is -0.124. The first-order valence-corrected chi connectivity index (χ1v) is 11.9. The average Bonchev–Trinajstić information content (AvgIpc) is 2.80. The molecule has 0 spiro atoms. The highest BCUT2D eigenvalue weighted by atomic mass is 16.5. The number of ether oxygens (including phenoxy) is 3. The topological polar surface area (TPSA) is 89.1 Å². The van der Waals surface area contributed by atoms with Gasteiger partial charge in [-0.1, -0.05) is 12.1 Å². The summed E-state index contributed by atoms with van der Waals surface area (Å²) in [4.78, 5) is 27.8. The molecule has 0 aliphatic carbocycles. The van der Waals surface area contributed by atoms with Crippen molar-refractivity contribution in [1.29, 1.82) is 0 Å². The average molecular weight is 468 g/mol. The molecule has 4 bridgehead atoms. The number of carbonyl (C=O) groups is 2. The molecule has 8 nitrogen and oxygen atoms in total. The van der Waals surface area contributed by atoms with Gasteiger partial charge < -0.3 is 29.7 Å². The van der Waals surface area contributed by atoms with Gasteiger partial charge in [0, 0.05) is 24.7 Å². The Morgan fingerprint density at radius 2 is 2.00 bits per heavy atom. The van der Waals surface area contributed by atoms with Crippen molar-refractivity contribution in [2.45, 2.75) is 52.0 Å². The minimum atomic E-state index is -0.257. The van der Waals surface area contributed by atoms with Gasteiger partial charge in [0.25, 0.3) is 5.91 Å². The fourth-order valence-electron chi connectivity index (χ4n) is 4.25. The number of fused-ring (bicyclic) bond motifs is 5. The van der Waals surface area contributed by atoms with Crippen LogP contribution in [0.5, 0.6) is 17.2 Å². The van der Waals surface area contributed by atoms with Gasteiger partial charge in [-0.2, -0.15) is 0 Å². The van der Waals surface area contributed by atoms with Crippen LogP contribution in [0.3, 0.4) is 0 Å². The lowest BCUT2D eigenvalue weighted by Gasteiger charge is -2.33. The van der Waals surface area contributed by atoms with Gasteiger partial charge in [0.2, 0.25) is 5.91 Å². The third-order valence-corrected chi connectivity index (χ3v) is 5.87. The van der Waals surface area contributed by atoms with Gasteiger partial charge in [0.1, 0.15) is 17.2 Å². The van der Waals surface area contributed by atoms with E-state index in [0.29, 0.717) is 42.5 Å². The quantitative estimate of drug-likeness (QED) is 0.721. The Morgan fingerprint density at radius 3 is 2.79 bits per heavy atom. The molecular weight excluding hydrogens is 434 g/mol. The molecule has 2 atom stereocenters. The van der Waals surface area contributed by atoms with E-state index in [4.69, 9.17) is 14.2 Å². The van der Waals surface area contributed by atoms with Crippen LogP contribution in [0.1, 0.15) is 43.1 Å². The van der Waals surface area contributed by atoms with Crippen LogP contribution in [-0.4, -0.2) is 61.1 Å². The largest absolute Gasteiger partial charge is 0.491 e. The molecule has 0 saturated carbocycles. The molecular formula is C26H33N3O5. The minimum absolute atomic E-state index is 0.0386. The third kappa shape index (κ3) is 6.07. The van der Waals surface area contributed by atoms with E-state index in [-0.39, 0.29) is 36.6 Å². The van der Waals surface area contributed by atoms with Gasteiger partial charge in [0.05, 0.1) is 31.4 Å². The summed E-state index contributed by atoms with van der Waals surface area (Å²) in [5.74, 6) is 1.21. The Balaban J connectivity index is 1.71. The lowest BCUT2D eigenvalue weighted by atomic mass is 10.0. The van der Waals surface area contributed by atoms with Crippen LogP contribution in [0.25, 0.3) is 0 Å². The molecule has 2 N–H and O–H groups in total. The number of nitrogens with one attached hydrogen (secondary N) is 2. The maximum Gasteiger partial charge on any atom is 0.254 e. The predicted octanol–water partition coefficient (Wildman–Crippen LogP) is 3.11. The number of nitrogens with zero attached hydrogens (tertiary/aromatic N) is 1. The summed E-state index contributed by atoms with van der Waals surface area (Å²) in [7, 11) is 0. The molecule has 2 aliphatic heterocycles. The zero-order valence-corrected chi connectivity index (χ0v) is 20.0. The predicted molar refractivity (Wildman–Crippen MR) is 128 cm³/mol. The van der Waals surface area contributed by atoms with Gasteiger partial charge in [-0.3, -0.25) is 9.59 Å². The summed E-state index contributed by atoms with van der Waals surface area (Å²) < 4.78 is 18.2. The molecule has 2 aliphatic rings. The Bertz CT molecular complexity index is 1030. The van der Waals surface area contributed by atoms with Gasteiger partial charge in [-0.05, 0) is 63.6 Å². The van der Waals surface area contributed by atoms with Crippen LogP contribution < -0.4 is 20.1 Å². The molecule has 0 unspecified atom stereocenters. The first-order valence-electron chi connectivity index (χ1n) is 11.9. The van der Waals surface area contributed by atoms with Crippen LogP contribution in [0.2, 0.25) is 0 Å².